The van der Waals surface area contributed by atoms with Crippen LogP contribution in [0.3, 0.4) is 0 Å². The van der Waals surface area contributed by atoms with E-state index in [0.29, 0.717) is 5.56 Å². The van der Waals surface area contributed by atoms with Crippen molar-refractivity contribution in [3.63, 3.8) is 0 Å². The third-order valence-electron chi connectivity index (χ3n) is 3.51. The van der Waals surface area contributed by atoms with Gasteiger partial charge in [0.1, 0.15) is 6.07 Å². The minimum Gasteiger partial charge on any atom is -0.478 e. The van der Waals surface area contributed by atoms with Crippen molar-refractivity contribution in [3.05, 3.63) is 51.2 Å². The molecule has 5 heteroatoms. The molecule has 0 saturated heterocycles. The second kappa shape index (κ2) is 4.99. The highest BCUT2D eigenvalue weighted by Crippen LogP contribution is 2.30. The van der Waals surface area contributed by atoms with Crippen molar-refractivity contribution < 1.29 is 9.90 Å². The number of aromatic carboxylic acids is 1. The Morgan fingerprint density at radius 3 is 3.00 bits per heavy atom. The summed E-state index contributed by atoms with van der Waals surface area (Å²) < 4.78 is 0. The van der Waals surface area contributed by atoms with Crippen LogP contribution in [0.15, 0.2) is 29.6 Å². The molecule has 1 aliphatic heterocycles. The molecule has 2 heterocycles. The second-order valence-electron chi connectivity index (χ2n) is 4.69. The lowest BCUT2D eigenvalue weighted by atomic mass is 10.0. The summed E-state index contributed by atoms with van der Waals surface area (Å²) in [5.41, 5.74) is 2.68. The Kier molecular flexibility index (Phi) is 3.17. The zero-order chi connectivity index (χ0) is 14.1. The molecule has 0 aliphatic carbocycles. The minimum atomic E-state index is -1.01. The number of fused-ring (bicyclic) bond motifs is 1. The molecule has 0 fully saturated rings. The van der Waals surface area contributed by atoms with Gasteiger partial charge in [-0.3, -0.25) is 0 Å². The molecule has 3 rings (SSSR count). The van der Waals surface area contributed by atoms with Crippen molar-refractivity contribution in [2.24, 2.45) is 0 Å². The number of hydrogen-bond acceptors (Lipinski definition) is 4. The second-order valence-corrected chi connectivity index (χ2v) is 5.69. The van der Waals surface area contributed by atoms with Crippen LogP contribution >= 0.6 is 11.3 Å². The fourth-order valence-corrected chi connectivity index (χ4v) is 3.38. The van der Waals surface area contributed by atoms with E-state index in [-0.39, 0.29) is 5.56 Å². The van der Waals surface area contributed by atoms with Gasteiger partial charge in [-0.05, 0) is 41.6 Å². The van der Waals surface area contributed by atoms with E-state index in [4.69, 9.17) is 5.11 Å². The van der Waals surface area contributed by atoms with Gasteiger partial charge in [-0.1, -0.05) is 0 Å². The Bertz CT molecular complexity index is 715. The molecule has 1 aliphatic rings. The van der Waals surface area contributed by atoms with Crippen molar-refractivity contribution in [1.29, 1.82) is 5.26 Å². The number of nitrogens with zero attached hydrogens (tertiary/aromatic N) is 2. The van der Waals surface area contributed by atoms with Crippen LogP contribution < -0.4 is 4.90 Å². The molecule has 0 radical (unpaired) electrons. The van der Waals surface area contributed by atoms with Crippen LogP contribution in [0.2, 0.25) is 0 Å². The summed E-state index contributed by atoms with van der Waals surface area (Å²) in [5, 5.41) is 20.3. The first-order valence-corrected chi connectivity index (χ1v) is 7.14. The summed E-state index contributed by atoms with van der Waals surface area (Å²) in [5.74, 6) is -1.01. The number of anilines is 1. The van der Waals surface area contributed by atoms with E-state index in [9.17, 15) is 10.1 Å². The summed E-state index contributed by atoms with van der Waals surface area (Å²) in [4.78, 5) is 14.5. The van der Waals surface area contributed by atoms with Crippen molar-refractivity contribution in [2.45, 2.75) is 13.0 Å². The average molecular weight is 284 g/mol. The molecule has 4 nitrogen and oxygen atoms in total. The average Bonchev–Trinajstić information content (AvgIpc) is 2.93. The van der Waals surface area contributed by atoms with Gasteiger partial charge in [0.2, 0.25) is 0 Å². The first kappa shape index (κ1) is 12.7. The molecule has 1 aromatic carbocycles. The molecule has 0 saturated carbocycles. The van der Waals surface area contributed by atoms with Crippen LogP contribution in [0.25, 0.3) is 0 Å². The van der Waals surface area contributed by atoms with Crippen LogP contribution in [0.4, 0.5) is 5.69 Å². The molecule has 0 bridgehead atoms. The molecule has 0 spiro atoms. The number of carbonyl (C=O) groups is 1. The lowest BCUT2D eigenvalue weighted by molar-refractivity contribution is 0.0697. The van der Waals surface area contributed by atoms with Crippen molar-refractivity contribution in [3.8, 4) is 6.07 Å². The van der Waals surface area contributed by atoms with Crippen LogP contribution in [-0.2, 0) is 13.0 Å². The van der Waals surface area contributed by atoms with E-state index in [0.717, 1.165) is 25.2 Å². The maximum Gasteiger partial charge on any atom is 0.335 e. The third-order valence-corrected chi connectivity index (χ3v) is 4.54. The Labute approximate surface area is 120 Å². The third kappa shape index (κ3) is 2.15. The quantitative estimate of drug-likeness (QED) is 0.921. The molecule has 1 aromatic heterocycles. The van der Waals surface area contributed by atoms with Gasteiger partial charge in [0.25, 0.3) is 0 Å². The number of nitriles is 1. The number of rotatable bonds is 2. The molecular weight excluding hydrogens is 272 g/mol. The van der Waals surface area contributed by atoms with E-state index in [1.54, 1.807) is 23.5 Å². The van der Waals surface area contributed by atoms with Crippen LogP contribution in [-0.4, -0.2) is 17.6 Å². The fourth-order valence-electron chi connectivity index (χ4n) is 2.49. The van der Waals surface area contributed by atoms with Gasteiger partial charge >= 0.3 is 5.97 Å². The number of carboxylic acids is 1. The largest absolute Gasteiger partial charge is 0.478 e. The van der Waals surface area contributed by atoms with E-state index in [2.05, 4.69) is 22.4 Å². The molecule has 100 valence electrons. The van der Waals surface area contributed by atoms with Gasteiger partial charge in [0, 0.05) is 18.0 Å². The van der Waals surface area contributed by atoms with E-state index in [1.165, 1.54) is 16.5 Å². The standard InChI is InChI=1S/C15H12N2O2S/c16-8-12-7-10(15(18)19)1-2-13(12)17-5-3-14-11(9-17)4-6-20-14/h1-2,4,6-7H,3,5,9H2,(H,18,19). The van der Waals surface area contributed by atoms with Gasteiger partial charge in [-0.15, -0.1) is 11.3 Å². The predicted molar refractivity (Wildman–Crippen MR) is 77.2 cm³/mol. The molecule has 0 amide bonds. The zero-order valence-electron chi connectivity index (χ0n) is 10.7. The Balaban J connectivity index is 1.95. The van der Waals surface area contributed by atoms with E-state index >= 15 is 0 Å². The molecular formula is C15H12N2O2S. The van der Waals surface area contributed by atoms with Gasteiger partial charge in [-0.25, -0.2) is 4.79 Å². The van der Waals surface area contributed by atoms with Gasteiger partial charge in [0.15, 0.2) is 0 Å². The van der Waals surface area contributed by atoms with Crippen LogP contribution in [0.1, 0.15) is 26.4 Å². The first-order chi connectivity index (χ1) is 9.69. The maximum atomic E-state index is 11.0. The summed E-state index contributed by atoms with van der Waals surface area (Å²) in [6.45, 7) is 1.63. The Hall–Kier alpha value is -2.32. The Morgan fingerprint density at radius 1 is 1.40 bits per heavy atom. The molecule has 1 N–H and O–H groups in total. The SMILES string of the molecule is N#Cc1cc(C(=O)O)ccc1N1CCc2sccc2C1. The lowest BCUT2D eigenvalue weighted by Crippen LogP contribution is -2.30. The van der Waals surface area contributed by atoms with Gasteiger partial charge in [-0.2, -0.15) is 5.26 Å². The topological polar surface area (TPSA) is 64.3 Å². The van der Waals surface area contributed by atoms with Gasteiger partial charge in [0.05, 0.1) is 16.8 Å². The monoisotopic (exact) mass is 284 g/mol. The predicted octanol–water partition coefficient (Wildman–Crippen LogP) is 2.88. The van der Waals surface area contributed by atoms with Crippen molar-refractivity contribution >= 4 is 23.0 Å². The number of carboxylic acid groups (broad SMARTS) is 1. The minimum absolute atomic E-state index is 0.151. The zero-order valence-corrected chi connectivity index (χ0v) is 11.5. The number of hydrogen-bond donors (Lipinski definition) is 1. The molecule has 0 unspecified atom stereocenters. The Morgan fingerprint density at radius 2 is 2.25 bits per heavy atom. The molecule has 20 heavy (non-hydrogen) atoms. The van der Waals surface area contributed by atoms with Crippen LogP contribution in [0.5, 0.6) is 0 Å². The lowest BCUT2D eigenvalue weighted by Gasteiger charge is -2.29. The normalized spacial score (nSPS) is 13.7. The van der Waals surface area contributed by atoms with Crippen molar-refractivity contribution in [1.82, 2.24) is 0 Å². The van der Waals surface area contributed by atoms with E-state index in [1.807, 2.05) is 0 Å². The van der Waals surface area contributed by atoms with Crippen LogP contribution in [0, 0.1) is 11.3 Å². The van der Waals surface area contributed by atoms with Gasteiger partial charge < -0.3 is 10.0 Å². The fraction of sp³-hybridized carbons (Fsp3) is 0.200. The number of thiophene rings is 1. The highest BCUT2D eigenvalue weighted by Gasteiger charge is 2.20. The van der Waals surface area contributed by atoms with E-state index < -0.39 is 5.97 Å². The maximum absolute atomic E-state index is 11.0. The summed E-state index contributed by atoms with van der Waals surface area (Å²) in [6, 6.07) is 8.96. The molecule has 2 aromatic rings. The van der Waals surface area contributed by atoms with Crippen molar-refractivity contribution in [2.75, 3.05) is 11.4 Å². The molecule has 0 atom stereocenters. The highest BCUT2D eigenvalue weighted by atomic mass is 32.1. The number of benzene rings is 1. The highest BCUT2D eigenvalue weighted by molar-refractivity contribution is 7.10. The summed E-state index contributed by atoms with van der Waals surface area (Å²) >= 11 is 1.77. The summed E-state index contributed by atoms with van der Waals surface area (Å²) in [7, 11) is 0. The summed E-state index contributed by atoms with van der Waals surface area (Å²) in [6.07, 6.45) is 0.971. The smallest absolute Gasteiger partial charge is 0.335 e. The first-order valence-electron chi connectivity index (χ1n) is 6.26.